The fourth-order valence-corrected chi connectivity index (χ4v) is 3.72. The lowest BCUT2D eigenvalue weighted by Gasteiger charge is -2.21. The van der Waals surface area contributed by atoms with E-state index in [9.17, 15) is 8.42 Å². The third kappa shape index (κ3) is 3.53. The topological polar surface area (TPSA) is 90.4 Å². The van der Waals surface area contributed by atoms with E-state index in [2.05, 4.69) is 4.90 Å². The standard InChI is InChI=1S/C14H20N4O2S/c1-17(8-9-18-6-2-3-7-18)21(19,20)14-5-4-13(16)10-12(14)11-15/h4-5,10H,2-3,6-9,16H2,1H3. The smallest absolute Gasteiger partial charge is 0.244 e. The summed E-state index contributed by atoms with van der Waals surface area (Å²) < 4.78 is 26.4. The second-order valence-corrected chi connectivity index (χ2v) is 7.26. The Labute approximate surface area is 125 Å². The van der Waals surface area contributed by atoms with Crippen LogP contribution in [-0.2, 0) is 10.0 Å². The first-order valence-electron chi connectivity index (χ1n) is 6.93. The van der Waals surface area contributed by atoms with Gasteiger partial charge in [0.1, 0.15) is 11.0 Å². The fourth-order valence-electron chi connectivity index (χ4n) is 2.44. The van der Waals surface area contributed by atoms with Crippen LogP contribution < -0.4 is 5.73 Å². The molecule has 21 heavy (non-hydrogen) atoms. The van der Waals surface area contributed by atoms with Gasteiger partial charge >= 0.3 is 0 Å². The number of sulfonamides is 1. The maximum Gasteiger partial charge on any atom is 0.244 e. The van der Waals surface area contributed by atoms with Gasteiger partial charge in [0.05, 0.1) is 5.56 Å². The molecule has 1 heterocycles. The van der Waals surface area contributed by atoms with Crippen molar-refractivity contribution in [3.05, 3.63) is 23.8 Å². The zero-order valence-corrected chi connectivity index (χ0v) is 12.9. The fraction of sp³-hybridized carbons (Fsp3) is 0.500. The van der Waals surface area contributed by atoms with Crippen LogP contribution in [-0.4, -0.2) is 50.8 Å². The van der Waals surface area contributed by atoms with Crippen LogP contribution in [0.25, 0.3) is 0 Å². The average molecular weight is 308 g/mol. The van der Waals surface area contributed by atoms with Gasteiger partial charge in [-0.3, -0.25) is 0 Å². The zero-order valence-electron chi connectivity index (χ0n) is 12.1. The third-order valence-electron chi connectivity index (χ3n) is 3.74. The summed E-state index contributed by atoms with van der Waals surface area (Å²) >= 11 is 0. The summed E-state index contributed by atoms with van der Waals surface area (Å²) in [5.74, 6) is 0. The van der Waals surface area contributed by atoms with Crippen LogP contribution in [0.1, 0.15) is 18.4 Å². The quantitative estimate of drug-likeness (QED) is 0.815. The number of likely N-dealkylation sites (N-methyl/N-ethyl adjacent to an activating group) is 1. The molecule has 0 amide bonds. The van der Waals surface area contributed by atoms with Gasteiger partial charge < -0.3 is 10.6 Å². The van der Waals surface area contributed by atoms with Crippen LogP contribution in [0.15, 0.2) is 23.1 Å². The van der Waals surface area contributed by atoms with Gasteiger partial charge in [0.2, 0.25) is 10.0 Å². The Morgan fingerprint density at radius 1 is 1.38 bits per heavy atom. The van der Waals surface area contributed by atoms with E-state index in [0.717, 1.165) is 13.1 Å². The number of hydrogen-bond acceptors (Lipinski definition) is 5. The second-order valence-electron chi connectivity index (χ2n) is 5.24. The maximum absolute atomic E-state index is 12.5. The Morgan fingerprint density at radius 2 is 2.05 bits per heavy atom. The number of rotatable bonds is 5. The molecule has 7 heteroatoms. The molecule has 114 valence electrons. The van der Waals surface area contributed by atoms with Crippen molar-refractivity contribution < 1.29 is 8.42 Å². The highest BCUT2D eigenvalue weighted by molar-refractivity contribution is 7.89. The molecule has 0 radical (unpaired) electrons. The average Bonchev–Trinajstić information content (AvgIpc) is 2.97. The van der Waals surface area contributed by atoms with Gasteiger partial charge in [-0.1, -0.05) is 0 Å². The van der Waals surface area contributed by atoms with Crippen molar-refractivity contribution in [2.45, 2.75) is 17.7 Å². The Hall–Kier alpha value is -1.62. The van der Waals surface area contributed by atoms with Crippen LogP contribution in [0.2, 0.25) is 0 Å². The van der Waals surface area contributed by atoms with Gasteiger partial charge in [-0.2, -0.15) is 9.57 Å². The molecule has 1 aliphatic heterocycles. The number of nitriles is 1. The summed E-state index contributed by atoms with van der Waals surface area (Å²) in [7, 11) is -2.12. The highest BCUT2D eigenvalue weighted by Gasteiger charge is 2.25. The van der Waals surface area contributed by atoms with Crippen molar-refractivity contribution in [3.8, 4) is 6.07 Å². The first-order chi connectivity index (χ1) is 9.95. The molecule has 0 atom stereocenters. The number of anilines is 1. The Kier molecular flexibility index (Phi) is 4.83. The summed E-state index contributed by atoms with van der Waals surface area (Å²) in [6.07, 6.45) is 2.35. The van der Waals surface area contributed by atoms with Crippen molar-refractivity contribution >= 4 is 15.7 Å². The van der Waals surface area contributed by atoms with Gasteiger partial charge in [0.25, 0.3) is 0 Å². The molecule has 1 saturated heterocycles. The van der Waals surface area contributed by atoms with Gasteiger partial charge in [-0.05, 0) is 44.1 Å². The number of hydrogen-bond donors (Lipinski definition) is 1. The molecule has 1 fully saturated rings. The van der Waals surface area contributed by atoms with E-state index in [4.69, 9.17) is 11.0 Å². The van der Waals surface area contributed by atoms with E-state index in [-0.39, 0.29) is 10.5 Å². The Morgan fingerprint density at radius 3 is 2.67 bits per heavy atom. The second kappa shape index (κ2) is 6.43. The van der Waals surface area contributed by atoms with E-state index in [1.165, 1.54) is 35.3 Å². The van der Waals surface area contributed by atoms with Crippen LogP contribution in [0.5, 0.6) is 0 Å². The predicted octanol–water partition coefficient (Wildman–Crippen LogP) is 0.857. The summed E-state index contributed by atoms with van der Waals surface area (Å²) in [6, 6.07) is 6.19. The number of nitrogens with zero attached hydrogens (tertiary/aromatic N) is 3. The molecule has 0 spiro atoms. The molecule has 0 bridgehead atoms. The molecule has 6 nitrogen and oxygen atoms in total. The number of benzene rings is 1. The Bertz CT molecular complexity index is 645. The van der Waals surface area contributed by atoms with Crippen LogP contribution >= 0.6 is 0 Å². The summed E-state index contributed by atoms with van der Waals surface area (Å²) in [5, 5.41) is 9.09. The Balaban J connectivity index is 2.15. The largest absolute Gasteiger partial charge is 0.399 e. The molecule has 0 saturated carbocycles. The van der Waals surface area contributed by atoms with E-state index in [0.29, 0.717) is 18.8 Å². The first-order valence-corrected chi connectivity index (χ1v) is 8.37. The van der Waals surface area contributed by atoms with Crippen LogP contribution in [0.4, 0.5) is 5.69 Å². The molecule has 1 aliphatic rings. The minimum Gasteiger partial charge on any atom is -0.399 e. The van der Waals surface area contributed by atoms with Crippen molar-refractivity contribution in [3.63, 3.8) is 0 Å². The van der Waals surface area contributed by atoms with Crippen molar-refractivity contribution in [2.24, 2.45) is 0 Å². The lowest BCUT2D eigenvalue weighted by atomic mass is 10.2. The third-order valence-corrected chi connectivity index (χ3v) is 5.66. The highest BCUT2D eigenvalue weighted by Crippen LogP contribution is 2.21. The van der Waals surface area contributed by atoms with E-state index in [1.54, 1.807) is 7.05 Å². The lowest BCUT2D eigenvalue weighted by molar-refractivity contribution is 0.310. The SMILES string of the molecule is CN(CCN1CCCC1)S(=O)(=O)c1ccc(N)cc1C#N. The first kappa shape index (κ1) is 15.8. The molecule has 1 aromatic carbocycles. The molecule has 0 unspecified atom stereocenters. The van der Waals surface area contributed by atoms with Crippen LogP contribution in [0, 0.1) is 11.3 Å². The molecule has 2 N–H and O–H groups in total. The number of likely N-dealkylation sites (tertiary alicyclic amines) is 1. The maximum atomic E-state index is 12.5. The zero-order chi connectivity index (χ0) is 15.5. The molecule has 1 aromatic rings. The van der Waals surface area contributed by atoms with Crippen LogP contribution in [0.3, 0.4) is 0 Å². The summed E-state index contributed by atoms with van der Waals surface area (Å²) in [6.45, 7) is 3.18. The van der Waals surface area contributed by atoms with Crippen molar-refractivity contribution in [1.29, 1.82) is 5.26 Å². The number of nitrogens with two attached hydrogens (primary N) is 1. The minimum atomic E-state index is -3.66. The highest BCUT2D eigenvalue weighted by atomic mass is 32.2. The normalized spacial score (nSPS) is 16.2. The van der Waals surface area contributed by atoms with Crippen molar-refractivity contribution in [2.75, 3.05) is 39.0 Å². The predicted molar refractivity (Wildman–Crippen MR) is 81.1 cm³/mol. The van der Waals surface area contributed by atoms with Gasteiger partial charge in [0.15, 0.2) is 0 Å². The van der Waals surface area contributed by atoms with Gasteiger partial charge in [-0.25, -0.2) is 8.42 Å². The van der Waals surface area contributed by atoms with Crippen molar-refractivity contribution in [1.82, 2.24) is 9.21 Å². The van der Waals surface area contributed by atoms with Gasteiger partial charge in [-0.15, -0.1) is 0 Å². The van der Waals surface area contributed by atoms with E-state index >= 15 is 0 Å². The minimum absolute atomic E-state index is 0.0168. The number of nitrogen functional groups attached to an aromatic ring is 1. The van der Waals surface area contributed by atoms with E-state index < -0.39 is 10.0 Å². The summed E-state index contributed by atoms with van der Waals surface area (Å²) in [4.78, 5) is 2.27. The monoisotopic (exact) mass is 308 g/mol. The molecular formula is C14H20N4O2S. The van der Waals surface area contributed by atoms with E-state index in [1.807, 2.05) is 6.07 Å². The molecule has 0 aromatic heterocycles. The molecular weight excluding hydrogens is 288 g/mol. The lowest BCUT2D eigenvalue weighted by Crippen LogP contribution is -2.35. The summed E-state index contributed by atoms with van der Waals surface area (Å²) in [5.41, 5.74) is 6.06. The molecule has 2 rings (SSSR count). The van der Waals surface area contributed by atoms with Gasteiger partial charge in [0, 0.05) is 25.8 Å². The molecule has 0 aliphatic carbocycles.